The number of hydrogen-bond donors (Lipinski definition) is 3. The number of nitrogens with zero attached hydrogens (tertiary/aromatic N) is 2. The average molecular weight is 254 g/mol. The Morgan fingerprint density at radius 1 is 1.61 bits per heavy atom. The zero-order valence-corrected chi connectivity index (χ0v) is 10.3. The number of nitrogen functional groups attached to an aromatic ring is 1. The molecule has 0 saturated carbocycles. The van der Waals surface area contributed by atoms with Crippen LogP contribution in [-0.4, -0.2) is 54.3 Å². The quantitative estimate of drug-likeness (QED) is 0.446. The van der Waals surface area contributed by atoms with Gasteiger partial charge in [0.1, 0.15) is 5.82 Å². The number of hydrazine groups is 1. The van der Waals surface area contributed by atoms with Crippen LogP contribution in [0.5, 0.6) is 0 Å². The number of carbonyl (C=O) groups is 1. The van der Waals surface area contributed by atoms with Gasteiger partial charge in [0.05, 0.1) is 13.2 Å². The molecule has 1 rings (SSSR count). The van der Waals surface area contributed by atoms with Gasteiger partial charge in [-0.25, -0.2) is 10.8 Å². The fourth-order valence-electron chi connectivity index (χ4n) is 1.46. The van der Waals surface area contributed by atoms with Crippen molar-refractivity contribution in [1.29, 1.82) is 0 Å². The number of hydrogen-bond acceptors (Lipinski definition) is 6. The monoisotopic (exact) mass is 254 g/mol. The molecule has 4 N–H and O–H groups in total. The molecule has 0 fully saturated rings. The van der Waals surface area contributed by atoms with Gasteiger partial charge in [0.15, 0.2) is 0 Å². The summed E-state index contributed by atoms with van der Waals surface area (Å²) in [7, 11) is 1.56. The summed E-state index contributed by atoms with van der Waals surface area (Å²) in [6.07, 6.45) is 1.50. The Morgan fingerprint density at radius 2 is 2.39 bits per heavy atom. The second-order valence-electron chi connectivity index (χ2n) is 3.58. The van der Waals surface area contributed by atoms with Gasteiger partial charge in [0.2, 0.25) is 0 Å². The number of nitrogens with two attached hydrogens (primary N) is 1. The van der Waals surface area contributed by atoms with E-state index in [0.717, 1.165) is 0 Å². The van der Waals surface area contributed by atoms with Crippen molar-refractivity contribution in [2.45, 2.75) is 0 Å². The van der Waals surface area contributed by atoms with E-state index >= 15 is 0 Å². The number of rotatable bonds is 7. The van der Waals surface area contributed by atoms with Crippen molar-refractivity contribution >= 4 is 11.7 Å². The highest BCUT2D eigenvalue weighted by atomic mass is 16.5. The van der Waals surface area contributed by atoms with Gasteiger partial charge >= 0.3 is 0 Å². The third kappa shape index (κ3) is 3.95. The van der Waals surface area contributed by atoms with Crippen LogP contribution < -0.4 is 11.3 Å². The molecule has 0 saturated heterocycles. The summed E-state index contributed by atoms with van der Waals surface area (Å²) < 4.78 is 4.93. The van der Waals surface area contributed by atoms with E-state index in [0.29, 0.717) is 24.5 Å². The lowest BCUT2D eigenvalue weighted by atomic mass is 10.2. The van der Waals surface area contributed by atoms with Crippen molar-refractivity contribution in [1.82, 2.24) is 9.88 Å². The molecule has 1 heterocycles. The minimum atomic E-state index is -0.194. The smallest absolute Gasteiger partial charge is 0.254 e. The van der Waals surface area contributed by atoms with Crippen LogP contribution in [0.1, 0.15) is 10.4 Å². The molecule has 1 aromatic heterocycles. The highest BCUT2D eigenvalue weighted by Crippen LogP contribution is 2.08. The van der Waals surface area contributed by atoms with Gasteiger partial charge in [-0.2, -0.15) is 0 Å². The predicted octanol–water partition coefficient (Wildman–Crippen LogP) is -0.552. The summed E-state index contributed by atoms with van der Waals surface area (Å²) in [5.74, 6) is 5.46. The van der Waals surface area contributed by atoms with E-state index in [1.165, 1.54) is 11.1 Å². The van der Waals surface area contributed by atoms with Gasteiger partial charge in [-0.1, -0.05) is 0 Å². The second kappa shape index (κ2) is 7.59. The molecule has 0 bridgehead atoms. The summed E-state index contributed by atoms with van der Waals surface area (Å²) in [6.45, 7) is 1.00. The highest BCUT2D eigenvalue weighted by Gasteiger charge is 2.15. The number of aliphatic hydroxyl groups is 1. The fraction of sp³-hybridized carbons (Fsp3) is 0.455. The molecule has 0 unspecified atom stereocenters. The first-order chi connectivity index (χ1) is 8.72. The molecule has 0 atom stereocenters. The molecule has 1 amide bonds. The van der Waals surface area contributed by atoms with Gasteiger partial charge < -0.3 is 20.2 Å². The molecule has 7 nitrogen and oxygen atoms in total. The molecule has 7 heteroatoms. The molecule has 1 aromatic rings. The molecular weight excluding hydrogens is 236 g/mol. The lowest BCUT2D eigenvalue weighted by Gasteiger charge is -2.21. The second-order valence-corrected chi connectivity index (χ2v) is 3.58. The number of aliphatic hydroxyl groups excluding tert-OH is 1. The largest absolute Gasteiger partial charge is 0.395 e. The fourth-order valence-corrected chi connectivity index (χ4v) is 1.46. The first kappa shape index (κ1) is 14.4. The molecule has 0 spiro atoms. The van der Waals surface area contributed by atoms with Crippen LogP contribution >= 0.6 is 0 Å². The van der Waals surface area contributed by atoms with Crippen molar-refractivity contribution in [3.63, 3.8) is 0 Å². The molecule has 0 aliphatic carbocycles. The number of anilines is 1. The third-order valence-electron chi connectivity index (χ3n) is 2.38. The van der Waals surface area contributed by atoms with Crippen molar-refractivity contribution < 1.29 is 14.6 Å². The number of pyridine rings is 1. The number of aromatic nitrogens is 1. The van der Waals surface area contributed by atoms with Crippen LogP contribution in [0.2, 0.25) is 0 Å². The maximum absolute atomic E-state index is 12.2. The van der Waals surface area contributed by atoms with Crippen molar-refractivity contribution in [2.75, 3.05) is 38.8 Å². The molecular formula is C11H18N4O3. The van der Waals surface area contributed by atoms with E-state index in [9.17, 15) is 4.79 Å². The topological polar surface area (TPSA) is 101 Å². The number of carbonyl (C=O) groups excluding carboxylic acids is 1. The normalized spacial score (nSPS) is 10.2. The maximum Gasteiger partial charge on any atom is 0.254 e. The minimum Gasteiger partial charge on any atom is -0.395 e. The van der Waals surface area contributed by atoms with Crippen molar-refractivity contribution in [2.24, 2.45) is 5.84 Å². The zero-order valence-electron chi connectivity index (χ0n) is 10.3. The standard InChI is InChI=1S/C11H18N4O3/c1-18-7-5-15(4-6-16)11(17)9-2-3-13-10(8-9)14-12/h2-3,8,16H,4-7,12H2,1H3,(H,13,14). The summed E-state index contributed by atoms with van der Waals surface area (Å²) >= 11 is 0. The van der Waals surface area contributed by atoms with E-state index in [1.54, 1.807) is 19.2 Å². The van der Waals surface area contributed by atoms with Crippen LogP contribution in [-0.2, 0) is 4.74 Å². The van der Waals surface area contributed by atoms with Gasteiger partial charge in [-0.3, -0.25) is 4.79 Å². The summed E-state index contributed by atoms with van der Waals surface area (Å²) in [5, 5.41) is 8.95. The molecule has 18 heavy (non-hydrogen) atoms. The van der Waals surface area contributed by atoms with Crippen LogP contribution in [0.4, 0.5) is 5.82 Å². The summed E-state index contributed by atoms with van der Waals surface area (Å²) in [4.78, 5) is 17.6. The Morgan fingerprint density at radius 3 is 3.00 bits per heavy atom. The lowest BCUT2D eigenvalue weighted by Crippen LogP contribution is -2.36. The van der Waals surface area contributed by atoms with Crippen LogP contribution in [0.15, 0.2) is 18.3 Å². The lowest BCUT2D eigenvalue weighted by molar-refractivity contribution is 0.0656. The van der Waals surface area contributed by atoms with Gasteiger partial charge in [0.25, 0.3) is 5.91 Å². The Balaban J connectivity index is 2.79. The van der Waals surface area contributed by atoms with Crippen LogP contribution in [0, 0.1) is 0 Å². The zero-order chi connectivity index (χ0) is 13.4. The molecule has 0 radical (unpaired) electrons. The van der Waals surface area contributed by atoms with Gasteiger partial charge in [-0.15, -0.1) is 0 Å². The predicted molar refractivity (Wildman–Crippen MR) is 66.9 cm³/mol. The first-order valence-electron chi connectivity index (χ1n) is 5.54. The Labute approximate surface area is 106 Å². The highest BCUT2D eigenvalue weighted by molar-refractivity contribution is 5.94. The maximum atomic E-state index is 12.2. The SMILES string of the molecule is COCCN(CCO)C(=O)c1ccnc(NN)c1. The van der Waals surface area contributed by atoms with Gasteiger partial charge in [-0.05, 0) is 12.1 Å². The Kier molecular flexibility index (Phi) is 6.06. The Hall–Kier alpha value is -1.70. The number of methoxy groups -OCH3 is 1. The van der Waals surface area contributed by atoms with E-state index in [1.807, 2.05) is 0 Å². The minimum absolute atomic E-state index is 0.0947. The summed E-state index contributed by atoms with van der Waals surface area (Å²) in [5.41, 5.74) is 2.84. The average Bonchev–Trinajstić information content (AvgIpc) is 2.42. The van der Waals surface area contributed by atoms with Crippen LogP contribution in [0.25, 0.3) is 0 Å². The van der Waals surface area contributed by atoms with E-state index in [-0.39, 0.29) is 19.1 Å². The van der Waals surface area contributed by atoms with Gasteiger partial charge in [0, 0.05) is 32.0 Å². The number of amides is 1. The van der Waals surface area contributed by atoms with E-state index in [4.69, 9.17) is 15.7 Å². The van der Waals surface area contributed by atoms with E-state index < -0.39 is 0 Å². The summed E-state index contributed by atoms with van der Waals surface area (Å²) in [6, 6.07) is 3.15. The number of nitrogens with one attached hydrogen (secondary N) is 1. The first-order valence-corrected chi connectivity index (χ1v) is 5.54. The van der Waals surface area contributed by atoms with E-state index in [2.05, 4.69) is 10.4 Å². The molecule has 100 valence electrons. The Bertz CT molecular complexity index is 386. The third-order valence-corrected chi connectivity index (χ3v) is 2.38. The van der Waals surface area contributed by atoms with Crippen molar-refractivity contribution in [3.05, 3.63) is 23.9 Å². The number of ether oxygens (including phenoxy) is 1. The van der Waals surface area contributed by atoms with Crippen molar-refractivity contribution in [3.8, 4) is 0 Å². The van der Waals surface area contributed by atoms with Crippen LogP contribution in [0.3, 0.4) is 0 Å². The molecule has 0 aliphatic heterocycles. The molecule has 0 aliphatic rings. The molecule has 0 aromatic carbocycles.